The second-order valence-electron chi connectivity index (χ2n) is 7.95. The van der Waals surface area contributed by atoms with Crippen molar-refractivity contribution in [2.75, 3.05) is 32.8 Å². The zero-order chi connectivity index (χ0) is 22.1. The molecular weight excluding hydrogens is 428 g/mol. The summed E-state index contributed by atoms with van der Waals surface area (Å²) in [6.45, 7) is 4.94. The summed E-state index contributed by atoms with van der Waals surface area (Å²) in [7, 11) is 0. The number of halogens is 1. The maximum absolute atomic E-state index is 13.2. The molecular formula is C24H23ClN4O3. The molecule has 0 aliphatic carbocycles. The molecule has 4 aromatic rings. The van der Waals surface area contributed by atoms with E-state index in [1.807, 2.05) is 12.1 Å². The van der Waals surface area contributed by atoms with Crippen molar-refractivity contribution in [3.63, 3.8) is 0 Å². The summed E-state index contributed by atoms with van der Waals surface area (Å²) in [6, 6.07) is 12.4. The molecule has 1 aliphatic rings. The van der Waals surface area contributed by atoms with Crippen molar-refractivity contribution in [2.45, 2.75) is 13.0 Å². The van der Waals surface area contributed by atoms with Gasteiger partial charge in [-0.15, -0.1) is 0 Å². The fourth-order valence-corrected chi connectivity index (χ4v) is 4.34. The molecule has 0 N–H and O–H groups in total. The van der Waals surface area contributed by atoms with E-state index in [1.54, 1.807) is 47.3 Å². The van der Waals surface area contributed by atoms with Crippen molar-refractivity contribution in [2.24, 2.45) is 0 Å². The summed E-state index contributed by atoms with van der Waals surface area (Å²) in [4.78, 5) is 33.2. The van der Waals surface area contributed by atoms with Crippen LogP contribution in [0.15, 0.2) is 64.4 Å². The molecule has 0 amide bonds. The van der Waals surface area contributed by atoms with E-state index in [4.69, 9.17) is 16.3 Å². The lowest BCUT2D eigenvalue weighted by atomic mass is 10.2. The minimum atomic E-state index is -0.235. The van der Waals surface area contributed by atoms with Gasteiger partial charge in [0, 0.05) is 43.6 Å². The SMILES string of the molecule is O=c1c2cc3c(=O)n(-c4cccc(Cl)c4)ccc3nc2ccn1CCCN1CCOCC1. The Bertz CT molecular complexity index is 1410. The van der Waals surface area contributed by atoms with Gasteiger partial charge in [-0.25, -0.2) is 4.98 Å². The van der Waals surface area contributed by atoms with Gasteiger partial charge in [0.2, 0.25) is 0 Å². The Morgan fingerprint density at radius 3 is 2.44 bits per heavy atom. The lowest BCUT2D eigenvalue weighted by Crippen LogP contribution is -2.37. The number of hydrogen-bond donors (Lipinski definition) is 0. The van der Waals surface area contributed by atoms with E-state index in [2.05, 4.69) is 9.88 Å². The van der Waals surface area contributed by atoms with Gasteiger partial charge in [0.1, 0.15) is 0 Å². The zero-order valence-electron chi connectivity index (χ0n) is 17.5. The maximum atomic E-state index is 13.2. The lowest BCUT2D eigenvalue weighted by Gasteiger charge is -2.26. The molecule has 3 aromatic heterocycles. The smallest absolute Gasteiger partial charge is 0.264 e. The summed E-state index contributed by atoms with van der Waals surface area (Å²) in [5.74, 6) is 0. The van der Waals surface area contributed by atoms with Crippen LogP contribution in [0.3, 0.4) is 0 Å². The molecule has 32 heavy (non-hydrogen) atoms. The first-order valence-electron chi connectivity index (χ1n) is 10.7. The molecule has 0 radical (unpaired) electrons. The van der Waals surface area contributed by atoms with Crippen LogP contribution >= 0.6 is 11.6 Å². The fraction of sp³-hybridized carbons (Fsp3) is 0.292. The van der Waals surface area contributed by atoms with E-state index in [1.165, 1.54) is 4.57 Å². The molecule has 1 aromatic carbocycles. The molecule has 1 aliphatic heterocycles. The van der Waals surface area contributed by atoms with E-state index in [0.29, 0.717) is 39.1 Å². The number of pyridine rings is 3. The predicted molar refractivity (Wildman–Crippen MR) is 126 cm³/mol. The Morgan fingerprint density at radius 1 is 0.906 bits per heavy atom. The molecule has 5 rings (SSSR count). The number of aromatic nitrogens is 3. The van der Waals surface area contributed by atoms with Crippen molar-refractivity contribution < 1.29 is 4.74 Å². The van der Waals surface area contributed by atoms with Gasteiger partial charge >= 0.3 is 0 Å². The molecule has 1 fully saturated rings. The van der Waals surface area contributed by atoms with Gasteiger partial charge in [-0.1, -0.05) is 17.7 Å². The van der Waals surface area contributed by atoms with Crippen molar-refractivity contribution >= 4 is 33.4 Å². The van der Waals surface area contributed by atoms with Gasteiger partial charge in [0.05, 0.1) is 40.7 Å². The fourth-order valence-electron chi connectivity index (χ4n) is 4.16. The highest BCUT2D eigenvalue weighted by Crippen LogP contribution is 2.17. The van der Waals surface area contributed by atoms with Gasteiger partial charge in [-0.2, -0.15) is 0 Å². The highest BCUT2D eigenvalue weighted by molar-refractivity contribution is 6.30. The van der Waals surface area contributed by atoms with Crippen LogP contribution in [0.5, 0.6) is 0 Å². The minimum Gasteiger partial charge on any atom is -0.379 e. The molecule has 0 atom stereocenters. The van der Waals surface area contributed by atoms with Gasteiger partial charge in [0.25, 0.3) is 11.1 Å². The quantitative estimate of drug-likeness (QED) is 0.437. The Hall–Kier alpha value is -3.00. The van der Waals surface area contributed by atoms with Crippen molar-refractivity contribution in [3.8, 4) is 5.69 Å². The molecule has 0 bridgehead atoms. The van der Waals surface area contributed by atoms with Crippen LogP contribution in [-0.2, 0) is 11.3 Å². The predicted octanol–water partition coefficient (Wildman–Crippen LogP) is 3.08. The number of rotatable bonds is 5. The van der Waals surface area contributed by atoms with Gasteiger partial charge in [0.15, 0.2) is 0 Å². The van der Waals surface area contributed by atoms with E-state index < -0.39 is 0 Å². The Labute approximate surface area is 189 Å². The number of nitrogens with zero attached hydrogens (tertiary/aromatic N) is 4. The molecule has 1 saturated heterocycles. The summed E-state index contributed by atoms with van der Waals surface area (Å²) in [5.41, 5.74) is 1.45. The number of morpholine rings is 1. The molecule has 164 valence electrons. The monoisotopic (exact) mass is 450 g/mol. The first-order chi connectivity index (χ1) is 15.6. The van der Waals surface area contributed by atoms with Gasteiger partial charge < -0.3 is 9.30 Å². The summed E-state index contributed by atoms with van der Waals surface area (Å²) in [6.07, 6.45) is 4.34. The largest absolute Gasteiger partial charge is 0.379 e. The second-order valence-corrected chi connectivity index (χ2v) is 8.38. The highest BCUT2D eigenvalue weighted by Gasteiger charge is 2.12. The molecule has 0 saturated carbocycles. The number of hydrogen-bond acceptors (Lipinski definition) is 5. The first-order valence-corrected chi connectivity index (χ1v) is 11.1. The Kier molecular flexibility index (Phi) is 5.78. The topological polar surface area (TPSA) is 69.4 Å². The molecule has 8 heteroatoms. The number of ether oxygens (including phenoxy) is 1. The average molecular weight is 451 g/mol. The van der Waals surface area contributed by atoms with Crippen LogP contribution < -0.4 is 11.1 Å². The summed E-state index contributed by atoms with van der Waals surface area (Å²) >= 11 is 6.09. The zero-order valence-corrected chi connectivity index (χ0v) is 18.3. The van der Waals surface area contributed by atoms with Crippen LogP contribution in [-0.4, -0.2) is 51.9 Å². The van der Waals surface area contributed by atoms with Crippen molar-refractivity contribution in [1.82, 2.24) is 19.0 Å². The minimum absolute atomic E-state index is 0.128. The summed E-state index contributed by atoms with van der Waals surface area (Å²) in [5, 5.41) is 1.40. The van der Waals surface area contributed by atoms with E-state index in [-0.39, 0.29) is 11.1 Å². The lowest BCUT2D eigenvalue weighted by molar-refractivity contribution is 0.0369. The highest BCUT2D eigenvalue weighted by atomic mass is 35.5. The standard InChI is InChI=1S/C24H23ClN4O3/c25-17-3-1-4-18(15-17)29-10-6-22-20(24(29)31)16-19-21(26-22)5-9-28(23(19)30)8-2-7-27-11-13-32-14-12-27/h1,3-6,9-10,15-16H,2,7-8,11-14H2. The normalized spacial score (nSPS) is 14.9. The molecule has 0 spiro atoms. The van der Waals surface area contributed by atoms with Crippen molar-refractivity contribution in [1.29, 1.82) is 0 Å². The van der Waals surface area contributed by atoms with E-state index in [9.17, 15) is 9.59 Å². The third kappa shape index (κ3) is 4.07. The van der Waals surface area contributed by atoms with Crippen LogP contribution in [0, 0.1) is 0 Å². The number of aryl methyl sites for hydroxylation is 1. The van der Waals surface area contributed by atoms with E-state index in [0.717, 1.165) is 39.3 Å². The van der Waals surface area contributed by atoms with E-state index >= 15 is 0 Å². The Balaban J connectivity index is 1.49. The second kappa shape index (κ2) is 8.86. The van der Waals surface area contributed by atoms with Gasteiger partial charge in [-0.05, 0) is 42.8 Å². The third-order valence-electron chi connectivity index (χ3n) is 5.88. The third-order valence-corrected chi connectivity index (χ3v) is 6.11. The Morgan fingerprint density at radius 2 is 1.66 bits per heavy atom. The first kappa shape index (κ1) is 20.9. The van der Waals surface area contributed by atoms with Crippen molar-refractivity contribution in [3.05, 3.63) is 80.6 Å². The maximum Gasteiger partial charge on any atom is 0.264 e. The van der Waals surface area contributed by atoms with Crippen LogP contribution in [0.4, 0.5) is 0 Å². The number of fused-ring (bicyclic) bond motifs is 2. The molecule has 7 nitrogen and oxygen atoms in total. The van der Waals surface area contributed by atoms with Crippen LogP contribution in [0.1, 0.15) is 6.42 Å². The summed E-state index contributed by atoms with van der Waals surface area (Å²) < 4.78 is 8.60. The van der Waals surface area contributed by atoms with Crippen LogP contribution in [0.2, 0.25) is 5.02 Å². The molecule has 0 unspecified atom stereocenters. The van der Waals surface area contributed by atoms with Crippen LogP contribution in [0.25, 0.3) is 27.5 Å². The van der Waals surface area contributed by atoms with Gasteiger partial charge in [-0.3, -0.25) is 19.1 Å². The molecule has 4 heterocycles. The number of benzene rings is 1. The average Bonchev–Trinajstić information content (AvgIpc) is 2.81.